The maximum absolute atomic E-state index is 15.5. The van der Waals surface area contributed by atoms with E-state index in [0.717, 1.165) is 66.8 Å². The second kappa shape index (κ2) is 14.8. The number of rotatable bonds is 10. The molecule has 0 aromatic heterocycles. The molecule has 0 radical (unpaired) electrons. The SMILES string of the molecule is C=Cc1ccc(N(c2ccc(C(C)(c3ccc(N(c4ccc(C=C)cc4)c4cccc5ccccc45)cc3)C(F)(F)F)cc2)c2cccc3ccccc23)cc1. The Morgan fingerprint density at radius 1 is 0.411 bits per heavy atom. The molecule has 0 spiro atoms. The monoisotopic (exact) mass is 736 g/mol. The van der Waals surface area contributed by atoms with Gasteiger partial charge in [-0.1, -0.05) is 147 Å². The predicted octanol–water partition coefficient (Wildman–Crippen LogP) is 15.1. The zero-order chi connectivity index (χ0) is 38.9. The van der Waals surface area contributed by atoms with Crippen molar-refractivity contribution in [3.05, 3.63) is 217 Å². The first-order valence-electron chi connectivity index (χ1n) is 18.5. The van der Waals surface area contributed by atoms with Crippen molar-refractivity contribution in [2.45, 2.75) is 18.5 Å². The van der Waals surface area contributed by atoms with Crippen LogP contribution in [0.2, 0.25) is 0 Å². The van der Waals surface area contributed by atoms with E-state index in [2.05, 4.69) is 59.4 Å². The van der Waals surface area contributed by atoms with E-state index in [1.54, 1.807) is 60.7 Å². The fourth-order valence-corrected chi connectivity index (χ4v) is 7.56. The summed E-state index contributed by atoms with van der Waals surface area (Å²) in [7, 11) is 0. The molecule has 2 nitrogen and oxygen atoms in total. The Kier molecular flexibility index (Phi) is 9.53. The van der Waals surface area contributed by atoms with E-state index >= 15 is 13.2 Å². The van der Waals surface area contributed by atoms with Gasteiger partial charge in [0.25, 0.3) is 0 Å². The highest BCUT2D eigenvalue weighted by Crippen LogP contribution is 2.48. The van der Waals surface area contributed by atoms with E-state index in [1.165, 1.54) is 6.92 Å². The molecule has 0 atom stereocenters. The molecule has 8 aromatic rings. The molecule has 274 valence electrons. The number of hydrogen-bond donors (Lipinski definition) is 0. The van der Waals surface area contributed by atoms with Crippen LogP contribution >= 0.6 is 0 Å². The Morgan fingerprint density at radius 2 is 0.732 bits per heavy atom. The largest absolute Gasteiger partial charge is 0.402 e. The highest BCUT2D eigenvalue weighted by molar-refractivity contribution is 6.00. The third-order valence-electron chi connectivity index (χ3n) is 10.8. The summed E-state index contributed by atoms with van der Waals surface area (Å²) in [6.45, 7) is 9.04. The van der Waals surface area contributed by atoms with Gasteiger partial charge in [0.05, 0.1) is 11.4 Å². The molecule has 8 rings (SSSR count). The third kappa shape index (κ3) is 6.52. The molecule has 0 saturated heterocycles. The maximum atomic E-state index is 15.5. The van der Waals surface area contributed by atoms with Crippen molar-refractivity contribution >= 4 is 67.8 Å². The summed E-state index contributed by atoms with van der Waals surface area (Å²) in [6.07, 6.45) is -1.03. The lowest BCUT2D eigenvalue weighted by Crippen LogP contribution is -2.40. The molecule has 0 aliphatic rings. The number of fused-ring (bicyclic) bond motifs is 2. The quantitative estimate of drug-likeness (QED) is 0.138. The number of benzene rings is 8. The number of halogens is 3. The summed E-state index contributed by atoms with van der Waals surface area (Å²) < 4.78 is 46.5. The number of nitrogens with zero attached hydrogens (tertiary/aromatic N) is 2. The van der Waals surface area contributed by atoms with Crippen LogP contribution in [0.5, 0.6) is 0 Å². The van der Waals surface area contributed by atoms with E-state index in [9.17, 15) is 0 Å². The molecule has 0 saturated carbocycles. The number of anilines is 6. The fourth-order valence-electron chi connectivity index (χ4n) is 7.56. The van der Waals surface area contributed by atoms with Gasteiger partial charge in [-0.15, -0.1) is 0 Å². The molecule has 8 aromatic carbocycles. The highest BCUT2D eigenvalue weighted by atomic mass is 19.4. The van der Waals surface area contributed by atoms with Crippen molar-refractivity contribution in [1.82, 2.24) is 0 Å². The Labute approximate surface area is 325 Å². The molecule has 0 aliphatic carbocycles. The third-order valence-corrected chi connectivity index (χ3v) is 10.8. The molecule has 0 bridgehead atoms. The second-order valence-corrected chi connectivity index (χ2v) is 14.0. The van der Waals surface area contributed by atoms with Crippen LogP contribution in [0.4, 0.5) is 47.3 Å². The molecule has 0 unspecified atom stereocenters. The molecular formula is C51H39F3N2. The van der Waals surface area contributed by atoms with E-state index in [0.29, 0.717) is 0 Å². The maximum Gasteiger partial charge on any atom is 0.402 e. The van der Waals surface area contributed by atoms with Gasteiger partial charge in [0.2, 0.25) is 0 Å². The van der Waals surface area contributed by atoms with Crippen molar-refractivity contribution in [2.75, 3.05) is 9.80 Å². The zero-order valence-corrected chi connectivity index (χ0v) is 30.9. The normalized spacial score (nSPS) is 11.7. The number of alkyl halides is 3. The minimum atomic E-state index is -4.60. The van der Waals surface area contributed by atoms with Crippen LogP contribution in [-0.4, -0.2) is 6.18 Å². The van der Waals surface area contributed by atoms with Gasteiger partial charge in [0.1, 0.15) is 5.41 Å². The van der Waals surface area contributed by atoms with Gasteiger partial charge in [-0.25, -0.2) is 0 Å². The molecule has 0 heterocycles. The van der Waals surface area contributed by atoms with Crippen LogP contribution in [0, 0.1) is 0 Å². The summed E-state index contributed by atoms with van der Waals surface area (Å²) >= 11 is 0. The van der Waals surface area contributed by atoms with Crippen LogP contribution in [0.25, 0.3) is 33.7 Å². The van der Waals surface area contributed by atoms with Gasteiger partial charge in [0, 0.05) is 33.5 Å². The van der Waals surface area contributed by atoms with Gasteiger partial charge in [-0.05, 0) is 101 Å². The van der Waals surface area contributed by atoms with Crippen molar-refractivity contribution in [1.29, 1.82) is 0 Å². The Bertz CT molecular complexity index is 2470. The Morgan fingerprint density at radius 3 is 1.07 bits per heavy atom. The van der Waals surface area contributed by atoms with Gasteiger partial charge in [-0.3, -0.25) is 0 Å². The first-order valence-corrected chi connectivity index (χ1v) is 18.5. The Hall–Kier alpha value is -6.85. The van der Waals surface area contributed by atoms with Gasteiger partial charge < -0.3 is 9.80 Å². The van der Waals surface area contributed by atoms with Crippen LogP contribution < -0.4 is 9.80 Å². The summed E-state index contributed by atoms with van der Waals surface area (Å²) in [5.74, 6) is 0. The molecule has 0 aliphatic heterocycles. The number of hydrogen-bond acceptors (Lipinski definition) is 2. The van der Waals surface area contributed by atoms with E-state index in [-0.39, 0.29) is 11.1 Å². The standard InChI is InChI=1S/C51H39F3N2/c1-4-36-20-28-42(29-21-36)55(48-18-10-14-38-12-6-8-16-46(38)48)44-32-24-40(25-33-44)50(3,51(52,53)54)41-26-34-45(35-27-41)56(43-30-22-37(5-2)23-31-43)49-19-11-15-39-13-7-9-17-47(39)49/h4-35H,1-2H2,3H3. The van der Waals surface area contributed by atoms with Crippen molar-refractivity contribution in [3.63, 3.8) is 0 Å². The smallest absolute Gasteiger partial charge is 0.310 e. The molecule has 0 fully saturated rings. The Balaban J connectivity index is 1.21. The first kappa shape index (κ1) is 36.1. The highest BCUT2D eigenvalue weighted by Gasteiger charge is 2.53. The summed E-state index contributed by atoms with van der Waals surface area (Å²) in [5.41, 5.74) is 5.02. The topological polar surface area (TPSA) is 6.48 Å². The van der Waals surface area contributed by atoms with Crippen molar-refractivity contribution < 1.29 is 13.2 Å². The molecule has 0 amide bonds. The summed E-state index contributed by atoms with van der Waals surface area (Å²) in [5, 5.41) is 4.19. The van der Waals surface area contributed by atoms with Crippen LogP contribution in [-0.2, 0) is 5.41 Å². The van der Waals surface area contributed by atoms with Gasteiger partial charge >= 0.3 is 6.18 Å². The van der Waals surface area contributed by atoms with Crippen LogP contribution in [0.3, 0.4) is 0 Å². The minimum absolute atomic E-state index is 0.146. The van der Waals surface area contributed by atoms with Crippen molar-refractivity contribution in [2.24, 2.45) is 0 Å². The minimum Gasteiger partial charge on any atom is -0.310 e. The van der Waals surface area contributed by atoms with Gasteiger partial charge in [0.15, 0.2) is 0 Å². The zero-order valence-electron chi connectivity index (χ0n) is 30.9. The average Bonchev–Trinajstić information content (AvgIpc) is 3.24. The fraction of sp³-hybridized carbons (Fsp3) is 0.0588. The first-order chi connectivity index (χ1) is 27.2. The molecule has 0 N–H and O–H groups in total. The van der Waals surface area contributed by atoms with E-state index in [4.69, 9.17) is 0 Å². The predicted molar refractivity (Wildman–Crippen MR) is 230 cm³/mol. The van der Waals surface area contributed by atoms with Crippen LogP contribution in [0.1, 0.15) is 29.2 Å². The molecule has 56 heavy (non-hydrogen) atoms. The molecule has 5 heteroatoms. The lowest BCUT2D eigenvalue weighted by atomic mass is 9.75. The lowest BCUT2D eigenvalue weighted by Gasteiger charge is -2.34. The second-order valence-electron chi connectivity index (χ2n) is 14.0. The van der Waals surface area contributed by atoms with E-state index < -0.39 is 11.6 Å². The lowest BCUT2D eigenvalue weighted by molar-refractivity contribution is -0.173. The van der Waals surface area contributed by atoms with Crippen LogP contribution in [0.15, 0.2) is 195 Å². The van der Waals surface area contributed by atoms with E-state index in [1.807, 2.05) is 97.1 Å². The summed E-state index contributed by atoms with van der Waals surface area (Å²) in [6, 6.07) is 57.9. The molecular weight excluding hydrogens is 698 g/mol. The van der Waals surface area contributed by atoms with Gasteiger partial charge in [-0.2, -0.15) is 13.2 Å². The van der Waals surface area contributed by atoms with Crippen molar-refractivity contribution in [3.8, 4) is 0 Å². The average molecular weight is 737 g/mol. The summed E-state index contributed by atoms with van der Waals surface area (Å²) in [4.78, 5) is 4.17.